The van der Waals surface area contributed by atoms with Crippen molar-refractivity contribution >= 4 is 0 Å². The normalized spacial score (nSPS) is 25.0. The van der Waals surface area contributed by atoms with E-state index in [4.69, 9.17) is 0 Å². The van der Waals surface area contributed by atoms with Gasteiger partial charge in [-0.3, -0.25) is 0 Å². The number of allylic oxidation sites excluding steroid dienone is 8. The molecular formula is C26H36N2. The fourth-order valence-electron chi connectivity index (χ4n) is 5.20. The van der Waals surface area contributed by atoms with E-state index in [-0.39, 0.29) is 0 Å². The van der Waals surface area contributed by atoms with Crippen molar-refractivity contribution in [2.75, 3.05) is 32.7 Å². The van der Waals surface area contributed by atoms with Gasteiger partial charge in [-0.1, -0.05) is 56.6 Å². The summed E-state index contributed by atoms with van der Waals surface area (Å²) >= 11 is 0. The number of hydrogen-bond donors (Lipinski definition) is 1. The molecule has 4 rings (SSSR count). The Morgan fingerprint density at radius 3 is 2.75 bits per heavy atom. The van der Waals surface area contributed by atoms with Crippen molar-refractivity contribution in [1.29, 1.82) is 0 Å². The molecule has 4 aliphatic rings. The molecule has 2 fully saturated rings. The lowest BCUT2D eigenvalue weighted by molar-refractivity contribution is 0.171. The van der Waals surface area contributed by atoms with Gasteiger partial charge in [0.25, 0.3) is 0 Å². The molecule has 1 N–H and O–H groups in total. The first-order chi connectivity index (χ1) is 13.8. The average molecular weight is 377 g/mol. The largest absolute Gasteiger partial charge is 0.314 e. The SMILES string of the molecule is CCC1=CC=C=C2CC=C(C(CN3CCNCC3)C3CCCCC3)C=CC2=C1. The summed E-state index contributed by atoms with van der Waals surface area (Å²) in [5.41, 5.74) is 9.22. The van der Waals surface area contributed by atoms with E-state index in [9.17, 15) is 0 Å². The summed E-state index contributed by atoms with van der Waals surface area (Å²) in [6.07, 6.45) is 23.2. The minimum Gasteiger partial charge on any atom is -0.314 e. The zero-order valence-electron chi connectivity index (χ0n) is 17.6. The monoisotopic (exact) mass is 376 g/mol. The van der Waals surface area contributed by atoms with Gasteiger partial charge in [0.2, 0.25) is 0 Å². The van der Waals surface area contributed by atoms with Crippen molar-refractivity contribution in [2.24, 2.45) is 11.8 Å². The highest BCUT2D eigenvalue weighted by Crippen LogP contribution is 2.37. The number of rotatable bonds is 5. The van der Waals surface area contributed by atoms with Crippen LogP contribution in [0.1, 0.15) is 51.9 Å². The number of piperazine rings is 1. The van der Waals surface area contributed by atoms with Crippen LogP contribution in [-0.2, 0) is 0 Å². The Labute approximate surface area is 171 Å². The Bertz CT molecular complexity index is 730. The zero-order valence-corrected chi connectivity index (χ0v) is 17.6. The van der Waals surface area contributed by atoms with Crippen LogP contribution in [0.15, 0.2) is 64.5 Å². The third-order valence-corrected chi connectivity index (χ3v) is 6.96. The molecule has 0 aromatic rings. The molecule has 0 amide bonds. The Kier molecular flexibility index (Phi) is 6.86. The summed E-state index contributed by atoms with van der Waals surface area (Å²) in [4.78, 5) is 2.70. The average Bonchev–Trinajstić information content (AvgIpc) is 3.07. The van der Waals surface area contributed by atoms with E-state index in [1.807, 2.05) is 0 Å². The van der Waals surface area contributed by atoms with E-state index in [1.165, 1.54) is 68.5 Å². The van der Waals surface area contributed by atoms with Crippen LogP contribution in [0.25, 0.3) is 0 Å². The van der Waals surface area contributed by atoms with Gasteiger partial charge in [-0.25, -0.2) is 0 Å². The van der Waals surface area contributed by atoms with E-state index >= 15 is 0 Å². The zero-order chi connectivity index (χ0) is 19.2. The standard InChI is InChI=1S/C26H36N2/c1-2-21-7-6-10-22-11-12-24(13-14-25(22)19-21)26(23-8-4-3-5-9-23)20-28-17-15-27-16-18-28/h6-7,12-14,19,23,26-27H,2-5,8-9,11,15-18,20H2,1H3. The third kappa shape index (κ3) is 4.87. The van der Waals surface area contributed by atoms with Gasteiger partial charge in [-0.2, -0.15) is 0 Å². The third-order valence-electron chi connectivity index (χ3n) is 6.96. The smallest absolute Gasteiger partial charge is 0.0108 e. The van der Waals surface area contributed by atoms with Gasteiger partial charge in [0.15, 0.2) is 0 Å². The fraction of sp³-hybridized carbons (Fsp3) is 0.577. The maximum atomic E-state index is 3.54. The van der Waals surface area contributed by atoms with Crippen LogP contribution in [0.2, 0.25) is 0 Å². The lowest BCUT2D eigenvalue weighted by atomic mass is 9.76. The van der Waals surface area contributed by atoms with E-state index in [1.54, 1.807) is 5.57 Å². The molecule has 28 heavy (non-hydrogen) atoms. The van der Waals surface area contributed by atoms with Gasteiger partial charge in [0.05, 0.1) is 0 Å². The molecule has 2 nitrogen and oxygen atoms in total. The number of nitrogens with zero attached hydrogens (tertiary/aromatic N) is 1. The Morgan fingerprint density at radius 1 is 1.14 bits per heavy atom. The molecule has 2 heteroatoms. The molecule has 1 saturated heterocycles. The van der Waals surface area contributed by atoms with Crippen LogP contribution in [0.4, 0.5) is 0 Å². The topological polar surface area (TPSA) is 15.3 Å². The van der Waals surface area contributed by atoms with E-state index in [0.29, 0.717) is 5.92 Å². The summed E-state index contributed by atoms with van der Waals surface area (Å²) in [5.74, 6) is 1.54. The van der Waals surface area contributed by atoms with Gasteiger partial charge < -0.3 is 10.2 Å². The Morgan fingerprint density at radius 2 is 1.96 bits per heavy atom. The summed E-state index contributed by atoms with van der Waals surface area (Å²) < 4.78 is 0. The van der Waals surface area contributed by atoms with Crippen molar-refractivity contribution in [1.82, 2.24) is 10.2 Å². The molecule has 1 aliphatic heterocycles. The highest BCUT2D eigenvalue weighted by molar-refractivity contribution is 5.51. The van der Waals surface area contributed by atoms with Crippen molar-refractivity contribution < 1.29 is 0 Å². The van der Waals surface area contributed by atoms with Crippen LogP contribution in [0.5, 0.6) is 0 Å². The minimum atomic E-state index is 0.684. The molecule has 1 unspecified atom stereocenters. The first-order valence-corrected chi connectivity index (χ1v) is 11.5. The number of nitrogens with one attached hydrogen (secondary N) is 1. The highest BCUT2D eigenvalue weighted by Gasteiger charge is 2.28. The molecular weight excluding hydrogens is 340 g/mol. The number of hydrogen-bond acceptors (Lipinski definition) is 2. The maximum Gasteiger partial charge on any atom is 0.0108 e. The predicted molar refractivity (Wildman–Crippen MR) is 119 cm³/mol. The van der Waals surface area contributed by atoms with E-state index in [0.717, 1.165) is 31.8 Å². The second kappa shape index (κ2) is 9.74. The quantitative estimate of drug-likeness (QED) is 0.652. The molecule has 0 radical (unpaired) electrons. The van der Waals surface area contributed by atoms with Crippen LogP contribution < -0.4 is 5.32 Å². The lowest BCUT2D eigenvalue weighted by Crippen LogP contribution is -2.46. The van der Waals surface area contributed by atoms with Crippen LogP contribution in [0.3, 0.4) is 0 Å². The van der Waals surface area contributed by atoms with Crippen molar-refractivity contribution in [2.45, 2.75) is 51.9 Å². The second-order valence-electron chi connectivity index (χ2n) is 8.78. The molecule has 0 aromatic carbocycles. The van der Waals surface area contributed by atoms with Crippen molar-refractivity contribution in [3.63, 3.8) is 0 Å². The minimum absolute atomic E-state index is 0.684. The molecule has 150 valence electrons. The highest BCUT2D eigenvalue weighted by atomic mass is 15.2. The Hall–Kier alpha value is -1.60. The summed E-state index contributed by atoms with van der Waals surface area (Å²) in [6.45, 7) is 8.15. The molecule has 0 bridgehead atoms. The summed E-state index contributed by atoms with van der Waals surface area (Å²) in [6, 6.07) is 0. The van der Waals surface area contributed by atoms with Gasteiger partial charge in [0.1, 0.15) is 0 Å². The molecule has 0 aromatic heterocycles. The fourth-order valence-corrected chi connectivity index (χ4v) is 5.20. The molecule has 1 saturated carbocycles. The predicted octanol–water partition coefficient (Wildman–Crippen LogP) is 5.33. The van der Waals surface area contributed by atoms with Gasteiger partial charge in [-0.05, 0) is 60.3 Å². The second-order valence-corrected chi connectivity index (χ2v) is 8.78. The molecule has 3 aliphatic carbocycles. The lowest BCUT2D eigenvalue weighted by Gasteiger charge is -2.37. The van der Waals surface area contributed by atoms with Crippen LogP contribution in [0, 0.1) is 11.8 Å². The van der Waals surface area contributed by atoms with Gasteiger partial charge in [0, 0.05) is 38.3 Å². The summed E-state index contributed by atoms with van der Waals surface area (Å²) in [7, 11) is 0. The number of fused-ring (bicyclic) bond motifs is 1. The Balaban J connectivity index is 1.57. The van der Waals surface area contributed by atoms with E-state index < -0.39 is 0 Å². The van der Waals surface area contributed by atoms with Crippen molar-refractivity contribution in [3.05, 3.63) is 64.5 Å². The molecule has 1 atom stereocenters. The van der Waals surface area contributed by atoms with Crippen LogP contribution >= 0.6 is 0 Å². The van der Waals surface area contributed by atoms with Crippen LogP contribution in [-0.4, -0.2) is 37.6 Å². The summed E-state index contributed by atoms with van der Waals surface area (Å²) in [5, 5.41) is 3.51. The van der Waals surface area contributed by atoms with E-state index in [2.05, 4.69) is 59.3 Å². The first kappa shape index (κ1) is 19.7. The van der Waals surface area contributed by atoms with Crippen molar-refractivity contribution in [3.8, 4) is 0 Å². The molecule has 1 heterocycles. The van der Waals surface area contributed by atoms with Gasteiger partial charge >= 0.3 is 0 Å². The maximum absolute atomic E-state index is 3.54. The molecule has 0 spiro atoms. The van der Waals surface area contributed by atoms with Gasteiger partial charge in [-0.15, -0.1) is 5.73 Å². The first-order valence-electron chi connectivity index (χ1n) is 11.5.